The van der Waals surface area contributed by atoms with Crippen molar-refractivity contribution in [3.05, 3.63) is 52.9 Å². The molecule has 2 rings (SSSR count). The maximum Gasteiger partial charge on any atom is 0.131 e. The van der Waals surface area contributed by atoms with Gasteiger partial charge in [-0.3, -0.25) is 4.68 Å². The van der Waals surface area contributed by atoms with E-state index in [1.807, 2.05) is 27.0 Å². The summed E-state index contributed by atoms with van der Waals surface area (Å²) in [5.74, 6) is -1.12. The first-order chi connectivity index (χ1) is 9.02. The van der Waals surface area contributed by atoms with E-state index >= 15 is 0 Å². The third kappa shape index (κ3) is 2.81. The summed E-state index contributed by atoms with van der Waals surface area (Å²) in [6.07, 6.45) is 0. The largest absolute Gasteiger partial charge is 0.305 e. The van der Waals surface area contributed by atoms with Crippen molar-refractivity contribution in [2.24, 2.45) is 7.05 Å². The van der Waals surface area contributed by atoms with E-state index in [0.717, 1.165) is 17.5 Å². The molecule has 0 fully saturated rings. The van der Waals surface area contributed by atoms with Crippen LogP contribution in [0, 0.1) is 18.6 Å². The number of hydrogen-bond acceptors (Lipinski definition) is 2. The fourth-order valence-corrected chi connectivity index (χ4v) is 2.21. The minimum atomic E-state index is -0.572. The lowest BCUT2D eigenvalue weighted by Gasteiger charge is -2.19. The van der Waals surface area contributed by atoms with Crippen LogP contribution < -0.4 is 5.32 Å². The molecule has 0 radical (unpaired) electrons. The lowest BCUT2D eigenvalue weighted by molar-refractivity contribution is 0.521. The highest BCUT2D eigenvalue weighted by molar-refractivity contribution is 5.30. The lowest BCUT2D eigenvalue weighted by atomic mass is 10.0. The van der Waals surface area contributed by atoms with Gasteiger partial charge in [0.2, 0.25) is 0 Å². The van der Waals surface area contributed by atoms with Crippen LogP contribution in [0.1, 0.15) is 29.9 Å². The SMILES string of the molecule is CCNC(c1ccc(F)cc1F)c1cc(C)nn1C. The number of rotatable bonds is 4. The molecule has 1 aromatic heterocycles. The fraction of sp³-hybridized carbons (Fsp3) is 0.357. The summed E-state index contributed by atoms with van der Waals surface area (Å²) in [7, 11) is 1.81. The van der Waals surface area contributed by atoms with Crippen molar-refractivity contribution < 1.29 is 8.78 Å². The zero-order chi connectivity index (χ0) is 14.0. The van der Waals surface area contributed by atoms with E-state index < -0.39 is 11.6 Å². The summed E-state index contributed by atoms with van der Waals surface area (Å²) in [6, 6.07) is 5.21. The van der Waals surface area contributed by atoms with Crippen LogP contribution in [-0.4, -0.2) is 16.3 Å². The van der Waals surface area contributed by atoms with E-state index in [4.69, 9.17) is 0 Å². The van der Waals surface area contributed by atoms with Gasteiger partial charge in [0.1, 0.15) is 11.6 Å². The van der Waals surface area contributed by atoms with Gasteiger partial charge >= 0.3 is 0 Å². The van der Waals surface area contributed by atoms with Gasteiger partial charge in [0.25, 0.3) is 0 Å². The Morgan fingerprint density at radius 1 is 1.32 bits per heavy atom. The van der Waals surface area contributed by atoms with Crippen molar-refractivity contribution in [2.75, 3.05) is 6.54 Å². The molecule has 3 nitrogen and oxygen atoms in total. The summed E-state index contributed by atoms with van der Waals surface area (Å²) >= 11 is 0. The zero-order valence-corrected chi connectivity index (χ0v) is 11.2. The molecule has 0 aliphatic heterocycles. The van der Waals surface area contributed by atoms with Crippen molar-refractivity contribution in [1.82, 2.24) is 15.1 Å². The first-order valence-corrected chi connectivity index (χ1v) is 6.21. The molecule has 1 N–H and O–H groups in total. The molecule has 0 spiro atoms. The van der Waals surface area contributed by atoms with Crippen LogP contribution in [0.5, 0.6) is 0 Å². The number of benzene rings is 1. The Morgan fingerprint density at radius 3 is 2.58 bits per heavy atom. The van der Waals surface area contributed by atoms with Gasteiger partial charge in [-0.05, 0) is 25.6 Å². The van der Waals surface area contributed by atoms with Gasteiger partial charge < -0.3 is 5.32 Å². The van der Waals surface area contributed by atoms with Gasteiger partial charge in [-0.2, -0.15) is 5.10 Å². The van der Waals surface area contributed by atoms with E-state index in [9.17, 15) is 8.78 Å². The molecule has 0 saturated heterocycles. The highest BCUT2D eigenvalue weighted by atomic mass is 19.1. The first-order valence-electron chi connectivity index (χ1n) is 6.21. The van der Waals surface area contributed by atoms with Gasteiger partial charge in [-0.15, -0.1) is 0 Å². The monoisotopic (exact) mass is 265 g/mol. The normalized spacial score (nSPS) is 12.7. The predicted octanol–water partition coefficient (Wildman–Crippen LogP) is 2.71. The number of hydrogen-bond donors (Lipinski definition) is 1. The van der Waals surface area contributed by atoms with Gasteiger partial charge in [-0.1, -0.05) is 13.0 Å². The number of aryl methyl sites for hydroxylation is 2. The van der Waals surface area contributed by atoms with Crippen LogP contribution in [0.15, 0.2) is 24.3 Å². The summed E-state index contributed by atoms with van der Waals surface area (Å²) in [6.45, 7) is 4.50. The molecule has 1 atom stereocenters. The van der Waals surface area contributed by atoms with Crippen LogP contribution in [0.2, 0.25) is 0 Å². The van der Waals surface area contributed by atoms with Gasteiger partial charge in [0, 0.05) is 18.7 Å². The smallest absolute Gasteiger partial charge is 0.131 e. The molecule has 1 heterocycles. The standard InChI is InChI=1S/C14H17F2N3/c1-4-17-14(13-7-9(2)18-19(13)3)11-6-5-10(15)8-12(11)16/h5-8,14,17H,4H2,1-3H3. The number of halogens is 2. The molecule has 0 aliphatic carbocycles. The van der Waals surface area contributed by atoms with Gasteiger partial charge in [0.15, 0.2) is 0 Å². The Morgan fingerprint density at radius 2 is 2.05 bits per heavy atom. The Labute approximate surface area is 111 Å². The Bertz CT molecular complexity index is 578. The van der Waals surface area contributed by atoms with E-state index in [0.29, 0.717) is 12.1 Å². The molecule has 0 aliphatic rings. The van der Waals surface area contributed by atoms with Crippen LogP contribution >= 0.6 is 0 Å². The summed E-state index contributed by atoms with van der Waals surface area (Å²) < 4.78 is 28.7. The number of nitrogens with one attached hydrogen (secondary N) is 1. The van der Waals surface area contributed by atoms with Gasteiger partial charge in [-0.25, -0.2) is 8.78 Å². The molecular formula is C14H17F2N3. The summed E-state index contributed by atoms with van der Waals surface area (Å²) in [5.41, 5.74) is 2.14. The van der Waals surface area contributed by atoms with Crippen LogP contribution in [0.25, 0.3) is 0 Å². The number of aromatic nitrogens is 2. The first kappa shape index (κ1) is 13.7. The van der Waals surface area contributed by atoms with E-state index in [1.165, 1.54) is 12.1 Å². The zero-order valence-electron chi connectivity index (χ0n) is 11.2. The summed E-state index contributed by atoms with van der Waals surface area (Å²) in [4.78, 5) is 0. The van der Waals surface area contributed by atoms with E-state index in [2.05, 4.69) is 10.4 Å². The molecule has 2 aromatic rings. The minimum Gasteiger partial charge on any atom is -0.305 e. The molecule has 1 aromatic carbocycles. The maximum absolute atomic E-state index is 13.9. The second kappa shape index (κ2) is 5.48. The van der Waals surface area contributed by atoms with Crippen molar-refractivity contribution >= 4 is 0 Å². The topological polar surface area (TPSA) is 29.9 Å². The fourth-order valence-electron chi connectivity index (χ4n) is 2.21. The van der Waals surface area contributed by atoms with Crippen molar-refractivity contribution in [3.63, 3.8) is 0 Å². The molecule has 1 unspecified atom stereocenters. The molecule has 0 bridgehead atoms. The molecular weight excluding hydrogens is 248 g/mol. The highest BCUT2D eigenvalue weighted by Crippen LogP contribution is 2.25. The van der Waals surface area contributed by atoms with E-state index in [-0.39, 0.29) is 6.04 Å². The number of nitrogens with zero attached hydrogens (tertiary/aromatic N) is 2. The predicted molar refractivity (Wildman–Crippen MR) is 69.8 cm³/mol. The average Bonchev–Trinajstić information content (AvgIpc) is 2.66. The molecule has 0 amide bonds. The van der Waals surface area contributed by atoms with Crippen LogP contribution in [0.3, 0.4) is 0 Å². The third-order valence-electron chi connectivity index (χ3n) is 3.02. The molecule has 0 saturated carbocycles. The van der Waals surface area contributed by atoms with Crippen molar-refractivity contribution in [3.8, 4) is 0 Å². The molecule has 102 valence electrons. The maximum atomic E-state index is 13.9. The van der Waals surface area contributed by atoms with Crippen LogP contribution in [-0.2, 0) is 7.05 Å². The van der Waals surface area contributed by atoms with Crippen LogP contribution in [0.4, 0.5) is 8.78 Å². The third-order valence-corrected chi connectivity index (χ3v) is 3.02. The van der Waals surface area contributed by atoms with Gasteiger partial charge in [0.05, 0.1) is 17.4 Å². The molecule has 19 heavy (non-hydrogen) atoms. The average molecular weight is 265 g/mol. The highest BCUT2D eigenvalue weighted by Gasteiger charge is 2.20. The minimum absolute atomic E-state index is 0.336. The Hall–Kier alpha value is -1.75. The Balaban J connectivity index is 2.48. The molecule has 5 heteroatoms. The lowest BCUT2D eigenvalue weighted by Crippen LogP contribution is -2.25. The van der Waals surface area contributed by atoms with Crippen molar-refractivity contribution in [2.45, 2.75) is 19.9 Å². The summed E-state index contributed by atoms with van der Waals surface area (Å²) in [5, 5.41) is 7.47. The second-order valence-corrected chi connectivity index (χ2v) is 4.49. The van der Waals surface area contributed by atoms with Crippen molar-refractivity contribution in [1.29, 1.82) is 0 Å². The second-order valence-electron chi connectivity index (χ2n) is 4.49. The quantitative estimate of drug-likeness (QED) is 0.921. The van der Waals surface area contributed by atoms with E-state index in [1.54, 1.807) is 4.68 Å². The Kier molecular flexibility index (Phi) is 3.95.